The van der Waals surface area contributed by atoms with Crippen molar-refractivity contribution in [1.82, 2.24) is 10.0 Å². The van der Waals surface area contributed by atoms with Crippen LogP contribution in [0, 0.1) is 0 Å². The summed E-state index contributed by atoms with van der Waals surface area (Å²) >= 11 is 0. The van der Waals surface area contributed by atoms with Crippen LogP contribution in [0.2, 0.25) is 0 Å². The summed E-state index contributed by atoms with van der Waals surface area (Å²) in [5, 5.41) is 10.8. The third kappa shape index (κ3) is 6.39. The number of sulfonamides is 1. The van der Waals surface area contributed by atoms with Crippen molar-refractivity contribution in [1.29, 1.82) is 0 Å². The fourth-order valence-electron chi connectivity index (χ4n) is 1.84. The topological polar surface area (TPSA) is 113 Å². The number of halogens is 2. The molecule has 1 rings (SSSR count). The minimum absolute atomic E-state index is 0.0389. The molecular weight excluding hydrogens is 358 g/mol. The molecule has 140 valence electrons. The molecule has 1 aromatic carbocycles. The fourth-order valence-corrected chi connectivity index (χ4v) is 3.17. The van der Waals surface area contributed by atoms with E-state index in [9.17, 15) is 26.8 Å². The van der Waals surface area contributed by atoms with Crippen molar-refractivity contribution in [3.8, 4) is 0 Å². The Kier molecular flexibility index (Phi) is 7.43. The van der Waals surface area contributed by atoms with Gasteiger partial charge in [0.15, 0.2) is 0 Å². The molecule has 0 saturated heterocycles. The Balaban J connectivity index is 2.88. The van der Waals surface area contributed by atoms with E-state index < -0.39 is 40.8 Å². The van der Waals surface area contributed by atoms with E-state index in [-0.39, 0.29) is 16.5 Å². The van der Waals surface area contributed by atoms with Crippen molar-refractivity contribution in [2.45, 2.75) is 50.1 Å². The van der Waals surface area contributed by atoms with Gasteiger partial charge in [0.1, 0.15) is 6.04 Å². The Morgan fingerprint density at radius 1 is 1.20 bits per heavy atom. The first-order valence-electron chi connectivity index (χ1n) is 7.51. The van der Waals surface area contributed by atoms with Crippen molar-refractivity contribution in [3.05, 3.63) is 29.8 Å². The number of carbonyl (C=O) groups is 2. The third-order valence-corrected chi connectivity index (χ3v) is 5.02. The van der Waals surface area contributed by atoms with Crippen molar-refractivity contribution in [2.75, 3.05) is 0 Å². The van der Waals surface area contributed by atoms with Gasteiger partial charge in [0.2, 0.25) is 16.4 Å². The molecule has 1 aromatic rings. The summed E-state index contributed by atoms with van der Waals surface area (Å²) in [6.45, 7) is 3.52. The van der Waals surface area contributed by atoms with Gasteiger partial charge < -0.3 is 10.4 Å². The number of benzene rings is 1. The van der Waals surface area contributed by atoms with E-state index in [0.717, 1.165) is 0 Å². The van der Waals surface area contributed by atoms with Gasteiger partial charge in [-0.15, -0.1) is 0 Å². The van der Waals surface area contributed by atoms with E-state index in [0.29, 0.717) is 6.42 Å². The van der Waals surface area contributed by atoms with Gasteiger partial charge in [0.25, 0.3) is 5.91 Å². The molecule has 0 spiro atoms. The SMILES string of the molecule is CCC(C)NS(=O)(=O)c1ccc(C(=O)NC(CC(F)F)C(=O)O)cc1. The summed E-state index contributed by atoms with van der Waals surface area (Å²) in [6.07, 6.45) is -3.31. The highest BCUT2D eigenvalue weighted by Gasteiger charge is 2.25. The first kappa shape index (κ1) is 21.0. The molecule has 3 N–H and O–H groups in total. The van der Waals surface area contributed by atoms with E-state index in [1.165, 1.54) is 24.3 Å². The van der Waals surface area contributed by atoms with Gasteiger partial charge in [0.05, 0.1) is 4.90 Å². The summed E-state index contributed by atoms with van der Waals surface area (Å²) in [6, 6.07) is 2.73. The van der Waals surface area contributed by atoms with Gasteiger partial charge in [0, 0.05) is 18.0 Å². The molecule has 0 heterocycles. The largest absolute Gasteiger partial charge is 0.480 e. The third-order valence-electron chi connectivity index (χ3n) is 3.41. The molecule has 0 fully saturated rings. The summed E-state index contributed by atoms with van der Waals surface area (Å²) < 4.78 is 51.3. The molecule has 25 heavy (non-hydrogen) atoms. The van der Waals surface area contributed by atoms with Crippen molar-refractivity contribution in [3.63, 3.8) is 0 Å². The highest BCUT2D eigenvalue weighted by atomic mass is 32.2. The lowest BCUT2D eigenvalue weighted by molar-refractivity contribution is -0.140. The molecule has 2 unspecified atom stereocenters. The molecular formula is C15H20F2N2O5S. The first-order valence-corrected chi connectivity index (χ1v) is 8.99. The van der Waals surface area contributed by atoms with Crippen molar-refractivity contribution in [2.24, 2.45) is 0 Å². The van der Waals surface area contributed by atoms with Crippen LogP contribution in [0.1, 0.15) is 37.0 Å². The molecule has 2 atom stereocenters. The number of amides is 1. The maximum atomic E-state index is 12.3. The van der Waals surface area contributed by atoms with Gasteiger partial charge in [-0.25, -0.2) is 26.7 Å². The normalized spacial score (nSPS) is 14.1. The molecule has 10 heteroatoms. The van der Waals surface area contributed by atoms with Crippen LogP contribution in [-0.2, 0) is 14.8 Å². The first-order chi connectivity index (χ1) is 11.6. The van der Waals surface area contributed by atoms with Crippen LogP contribution in [0.5, 0.6) is 0 Å². The lowest BCUT2D eigenvalue weighted by Gasteiger charge is -2.15. The average molecular weight is 378 g/mol. The van der Waals surface area contributed by atoms with Crippen LogP contribution in [-0.4, -0.2) is 43.9 Å². The van der Waals surface area contributed by atoms with Crippen LogP contribution in [0.15, 0.2) is 29.2 Å². The van der Waals surface area contributed by atoms with Crippen LogP contribution >= 0.6 is 0 Å². The van der Waals surface area contributed by atoms with Crippen molar-refractivity contribution >= 4 is 21.9 Å². The van der Waals surface area contributed by atoms with Crippen LogP contribution in [0.25, 0.3) is 0 Å². The average Bonchev–Trinajstić information content (AvgIpc) is 2.53. The number of hydrogen-bond donors (Lipinski definition) is 3. The summed E-state index contributed by atoms with van der Waals surface area (Å²) in [5.74, 6) is -2.46. The predicted molar refractivity (Wildman–Crippen MR) is 86.0 cm³/mol. The summed E-state index contributed by atoms with van der Waals surface area (Å²) in [4.78, 5) is 22.8. The van der Waals surface area contributed by atoms with Gasteiger partial charge in [-0.1, -0.05) is 6.92 Å². The number of carboxylic acid groups (broad SMARTS) is 1. The smallest absolute Gasteiger partial charge is 0.326 e. The molecule has 0 aliphatic heterocycles. The zero-order valence-electron chi connectivity index (χ0n) is 13.7. The molecule has 0 saturated carbocycles. The Labute approximate surface area is 144 Å². The summed E-state index contributed by atoms with van der Waals surface area (Å²) in [7, 11) is -3.74. The van der Waals surface area contributed by atoms with E-state index in [2.05, 4.69) is 4.72 Å². The number of alkyl halides is 2. The molecule has 1 amide bonds. The number of carboxylic acids is 1. The second kappa shape index (κ2) is 8.86. The number of carbonyl (C=O) groups excluding carboxylic acids is 1. The highest BCUT2D eigenvalue weighted by molar-refractivity contribution is 7.89. The maximum Gasteiger partial charge on any atom is 0.326 e. The second-order valence-electron chi connectivity index (χ2n) is 5.45. The Morgan fingerprint density at radius 2 is 1.76 bits per heavy atom. The minimum Gasteiger partial charge on any atom is -0.480 e. The molecule has 0 radical (unpaired) electrons. The van der Waals surface area contributed by atoms with Gasteiger partial charge >= 0.3 is 5.97 Å². The molecule has 0 aromatic heterocycles. The molecule has 7 nitrogen and oxygen atoms in total. The summed E-state index contributed by atoms with van der Waals surface area (Å²) in [5.41, 5.74) is -0.0389. The Morgan fingerprint density at radius 3 is 2.20 bits per heavy atom. The van der Waals surface area contributed by atoms with Gasteiger partial charge in [-0.3, -0.25) is 4.79 Å². The van der Waals surface area contributed by atoms with E-state index in [1.54, 1.807) is 6.92 Å². The number of hydrogen-bond acceptors (Lipinski definition) is 4. The van der Waals surface area contributed by atoms with E-state index >= 15 is 0 Å². The molecule has 0 bridgehead atoms. The zero-order valence-corrected chi connectivity index (χ0v) is 14.5. The van der Waals surface area contributed by atoms with Crippen LogP contribution < -0.4 is 10.0 Å². The van der Waals surface area contributed by atoms with Crippen LogP contribution in [0.3, 0.4) is 0 Å². The zero-order chi connectivity index (χ0) is 19.2. The lowest BCUT2D eigenvalue weighted by atomic mass is 10.1. The standard InChI is InChI=1S/C15H20F2N2O5S/c1-3-9(2)19-25(23,24)11-6-4-10(5-7-11)14(20)18-12(15(21)22)8-13(16)17/h4-7,9,12-13,19H,3,8H2,1-2H3,(H,18,20)(H,21,22). The monoisotopic (exact) mass is 378 g/mol. The quantitative estimate of drug-likeness (QED) is 0.604. The number of aliphatic carboxylic acids is 1. The maximum absolute atomic E-state index is 12.3. The highest BCUT2D eigenvalue weighted by Crippen LogP contribution is 2.12. The van der Waals surface area contributed by atoms with E-state index in [1.807, 2.05) is 12.2 Å². The minimum atomic E-state index is -3.74. The van der Waals surface area contributed by atoms with Gasteiger partial charge in [-0.05, 0) is 37.6 Å². The number of rotatable bonds is 9. The van der Waals surface area contributed by atoms with Gasteiger partial charge in [-0.2, -0.15) is 0 Å². The molecule has 0 aliphatic rings. The van der Waals surface area contributed by atoms with Crippen molar-refractivity contribution < 1.29 is 31.9 Å². The van der Waals surface area contributed by atoms with E-state index in [4.69, 9.17) is 5.11 Å². The Hall–Kier alpha value is -2.07. The fraction of sp³-hybridized carbons (Fsp3) is 0.467. The number of nitrogens with one attached hydrogen (secondary N) is 2. The van der Waals surface area contributed by atoms with Crippen LogP contribution in [0.4, 0.5) is 8.78 Å². The predicted octanol–water partition coefficient (Wildman–Crippen LogP) is 1.60. The lowest BCUT2D eigenvalue weighted by Crippen LogP contribution is -2.42. The second-order valence-corrected chi connectivity index (χ2v) is 7.16. The molecule has 0 aliphatic carbocycles. The Bertz CT molecular complexity index is 707.